The molecule has 0 unspecified atom stereocenters. The van der Waals surface area contributed by atoms with E-state index in [2.05, 4.69) is 84.0 Å². The van der Waals surface area contributed by atoms with Crippen LogP contribution in [-0.4, -0.2) is 137 Å². The molecule has 5 atom stereocenters. The van der Waals surface area contributed by atoms with E-state index in [1.54, 1.807) is 0 Å². The number of carbonyl (C=O) groups is 4. The van der Waals surface area contributed by atoms with Crippen molar-refractivity contribution in [2.75, 3.05) is 63.9 Å². The Morgan fingerprint density at radius 3 is 2.54 bits per heavy atom. The van der Waals surface area contributed by atoms with E-state index in [9.17, 15) is 19.2 Å². The molecule has 15 nitrogen and oxygen atoms in total. The summed E-state index contributed by atoms with van der Waals surface area (Å²) in [5, 5.41) is 5.93. The maximum Gasteiger partial charge on any atom is 0.410 e. The number of ether oxygens (including phenoxy) is 3. The summed E-state index contributed by atoms with van der Waals surface area (Å²) < 4.78 is 20.8. The lowest BCUT2D eigenvalue weighted by atomic mass is 9.84. The van der Waals surface area contributed by atoms with E-state index >= 15 is 0 Å². The molecule has 1 aromatic carbocycles. The predicted octanol–water partition coefficient (Wildman–Crippen LogP) is 6.91. The summed E-state index contributed by atoms with van der Waals surface area (Å²) in [6.45, 7) is 26.2. The van der Waals surface area contributed by atoms with Gasteiger partial charge in [0.05, 0.1) is 36.7 Å². The number of rotatable bonds is 7. The van der Waals surface area contributed by atoms with Crippen LogP contribution >= 0.6 is 0 Å². The quantitative estimate of drug-likeness (QED) is 0.238. The number of cyclic esters (lactones) is 1. The van der Waals surface area contributed by atoms with Crippen LogP contribution in [0.4, 0.5) is 10.5 Å². The molecule has 8 rings (SSSR count). The van der Waals surface area contributed by atoms with Crippen LogP contribution in [0, 0.1) is 16.7 Å². The first kappa shape index (κ1) is 48.7. The molecule has 4 saturated heterocycles. The third-order valence-corrected chi connectivity index (χ3v) is 14.6. The third kappa shape index (κ3) is 10.5. The fourth-order valence-electron chi connectivity index (χ4n) is 11.4. The van der Waals surface area contributed by atoms with Crippen LogP contribution in [0.25, 0.3) is 22.2 Å². The minimum absolute atomic E-state index is 0.0521. The normalized spacial score (nSPS) is 25.8. The Kier molecular flexibility index (Phi) is 14.1. The number of anilines is 1. The highest BCUT2D eigenvalue weighted by molar-refractivity contribution is 5.95. The minimum Gasteiger partial charge on any atom is -0.464 e. The summed E-state index contributed by atoms with van der Waals surface area (Å²) in [5.74, 6) is -0.744. The van der Waals surface area contributed by atoms with Crippen LogP contribution in [0.15, 0.2) is 36.5 Å². The summed E-state index contributed by atoms with van der Waals surface area (Å²) in [7, 11) is 0. The van der Waals surface area contributed by atoms with Crippen LogP contribution in [-0.2, 0) is 41.6 Å². The molecular formula is C52H76N8O7. The zero-order chi connectivity index (χ0) is 48.0. The van der Waals surface area contributed by atoms with E-state index in [0.717, 1.165) is 52.9 Å². The second-order valence-corrected chi connectivity index (χ2v) is 22.4. The second-order valence-electron chi connectivity index (χ2n) is 22.4. The van der Waals surface area contributed by atoms with Crippen molar-refractivity contribution in [1.82, 2.24) is 35.1 Å². The average Bonchev–Trinajstić information content (AvgIpc) is 3.98. The third-order valence-electron chi connectivity index (χ3n) is 14.6. The smallest absolute Gasteiger partial charge is 0.410 e. The molecule has 2 aromatic heterocycles. The predicted molar refractivity (Wildman–Crippen MR) is 259 cm³/mol. The lowest BCUT2D eigenvalue weighted by Crippen LogP contribution is -2.62. The van der Waals surface area contributed by atoms with Gasteiger partial charge in [-0.25, -0.2) is 10.2 Å². The topological polar surface area (TPSA) is 151 Å². The van der Waals surface area contributed by atoms with E-state index in [0.29, 0.717) is 71.7 Å². The van der Waals surface area contributed by atoms with E-state index in [1.807, 2.05) is 51.8 Å². The molecule has 0 saturated carbocycles. The van der Waals surface area contributed by atoms with Gasteiger partial charge in [-0.15, -0.1) is 0 Å². The number of morpholine rings is 1. The molecule has 5 aliphatic rings. The van der Waals surface area contributed by atoms with Gasteiger partial charge in [0, 0.05) is 91.4 Å². The van der Waals surface area contributed by atoms with Crippen LogP contribution in [0.2, 0.25) is 0 Å². The van der Waals surface area contributed by atoms with Crippen molar-refractivity contribution in [3.63, 3.8) is 0 Å². The maximum absolute atomic E-state index is 14.8. The molecule has 7 heterocycles. The van der Waals surface area contributed by atoms with Crippen LogP contribution < -0.4 is 15.6 Å². The number of hydrogen-bond acceptors (Lipinski definition) is 11. The first-order valence-corrected chi connectivity index (χ1v) is 25.0. The summed E-state index contributed by atoms with van der Waals surface area (Å²) in [5.41, 5.74) is 8.80. The Hall–Kier alpha value is -4.73. The second kappa shape index (κ2) is 19.3. The fraction of sp³-hybridized carbons (Fsp3) is 0.673. The first-order chi connectivity index (χ1) is 31.7. The van der Waals surface area contributed by atoms with Gasteiger partial charge in [0.2, 0.25) is 5.91 Å². The van der Waals surface area contributed by atoms with Crippen molar-refractivity contribution in [3.8, 4) is 11.3 Å². The van der Waals surface area contributed by atoms with Crippen molar-refractivity contribution in [1.29, 1.82) is 0 Å². The van der Waals surface area contributed by atoms with Gasteiger partial charge in [-0.05, 0) is 114 Å². The summed E-state index contributed by atoms with van der Waals surface area (Å²) in [6, 6.07) is 8.79. The Morgan fingerprint density at radius 1 is 1.03 bits per heavy atom. The summed E-state index contributed by atoms with van der Waals surface area (Å²) in [6.07, 6.45) is 4.95. The average molecular weight is 925 g/mol. The van der Waals surface area contributed by atoms with Gasteiger partial charge in [-0.3, -0.25) is 29.3 Å². The summed E-state index contributed by atoms with van der Waals surface area (Å²) >= 11 is 0. The van der Waals surface area contributed by atoms with E-state index in [4.69, 9.17) is 19.2 Å². The van der Waals surface area contributed by atoms with Crippen LogP contribution in [0.1, 0.15) is 119 Å². The Labute approximate surface area is 397 Å². The summed E-state index contributed by atoms with van der Waals surface area (Å²) in [4.78, 5) is 67.9. The van der Waals surface area contributed by atoms with E-state index < -0.39 is 35.1 Å². The number of hydrazine groups is 1. The van der Waals surface area contributed by atoms with Gasteiger partial charge in [-0.2, -0.15) is 0 Å². The highest BCUT2D eigenvalue weighted by Crippen LogP contribution is 2.43. The zero-order valence-electron chi connectivity index (χ0n) is 41.8. The monoisotopic (exact) mass is 925 g/mol. The van der Waals surface area contributed by atoms with Crippen LogP contribution in [0.5, 0.6) is 0 Å². The van der Waals surface area contributed by atoms with Gasteiger partial charge >= 0.3 is 12.1 Å². The molecule has 5 aliphatic heterocycles. The highest BCUT2D eigenvalue weighted by atomic mass is 16.6. The molecule has 2 N–H and O–H groups in total. The number of aryl methyl sites for hydroxylation is 1. The largest absolute Gasteiger partial charge is 0.464 e. The molecule has 1 spiro atoms. The Morgan fingerprint density at radius 2 is 1.81 bits per heavy atom. The molecule has 3 aromatic rings. The van der Waals surface area contributed by atoms with Crippen molar-refractivity contribution in [2.24, 2.45) is 16.7 Å². The van der Waals surface area contributed by atoms with Crippen molar-refractivity contribution < 1.29 is 33.4 Å². The van der Waals surface area contributed by atoms with E-state index in [-0.39, 0.29) is 54.3 Å². The Balaban J connectivity index is 1.10. The number of aromatic nitrogens is 2. The number of hydrogen-bond donors (Lipinski definition) is 2. The standard InChI is InChI=1S/C52H76N8O7/c1-11-59-42-17-16-35-26-38(42)39(45(59)37-14-12-20-53-43(37)33(2)3)28-51(9,10)32-66-48(63)40-15-13-21-60(55-40)47(62)41(27-36-29-56(35)24-25-65-36)54-46(61)44(34(4)5)57-22-18-52(30-57)19-23-58(31-52)49(64)67-50(6,7)8/h12,14,16-17,20,26,33-34,36,40-41,44,55H,11,13,15,18-19,21-25,27-32H2,1-10H3,(H,54,61)/t36-,40-,41-,44-,52-/m0/s1. The van der Waals surface area contributed by atoms with Crippen LogP contribution in [0.3, 0.4) is 0 Å². The number of pyridine rings is 1. The molecular weight excluding hydrogens is 849 g/mol. The number of fused-ring (bicyclic) bond motifs is 6. The van der Waals surface area contributed by atoms with Crippen molar-refractivity contribution in [2.45, 2.75) is 150 Å². The van der Waals surface area contributed by atoms with Crippen molar-refractivity contribution in [3.05, 3.63) is 47.8 Å². The number of esters is 1. The number of nitrogens with one attached hydrogen (secondary N) is 2. The SMILES string of the molecule is CCn1c(-c2cccnc2C(C)C)c2c3cc(ccc31)N1CCO[C@@H](C[C@H](NC(=O)[C@H](C(C)C)N3CC[C@]4(CCN(C(=O)OC(C)(C)C)C4)C3)C(=O)N3CCC[C@H](N3)C(=O)OCC(C)(C)C2)C1. The molecule has 15 heteroatoms. The zero-order valence-corrected chi connectivity index (χ0v) is 41.8. The van der Waals surface area contributed by atoms with Gasteiger partial charge in [-0.1, -0.05) is 41.5 Å². The number of carbonyl (C=O) groups excluding carboxylic acids is 4. The molecule has 6 bridgehead atoms. The fourth-order valence-corrected chi connectivity index (χ4v) is 11.4. The van der Waals surface area contributed by atoms with Gasteiger partial charge in [0.15, 0.2) is 0 Å². The molecule has 4 fully saturated rings. The van der Waals surface area contributed by atoms with E-state index in [1.165, 1.54) is 10.6 Å². The minimum atomic E-state index is -0.922. The molecule has 366 valence electrons. The first-order valence-electron chi connectivity index (χ1n) is 25.0. The van der Waals surface area contributed by atoms with Gasteiger partial charge in [0.1, 0.15) is 17.7 Å². The lowest BCUT2D eigenvalue weighted by molar-refractivity contribution is -0.156. The highest BCUT2D eigenvalue weighted by Gasteiger charge is 2.49. The molecule has 0 radical (unpaired) electrons. The maximum atomic E-state index is 14.8. The lowest BCUT2D eigenvalue weighted by Gasteiger charge is -2.39. The Bertz CT molecular complexity index is 2320. The van der Waals surface area contributed by atoms with Gasteiger partial charge < -0.3 is 33.9 Å². The molecule has 67 heavy (non-hydrogen) atoms. The number of nitrogens with zero attached hydrogens (tertiary/aromatic N) is 6. The van der Waals surface area contributed by atoms with Crippen molar-refractivity contribution >= 4 is 40.5 Å². The number of amides is 3. The number of likely N-dealkylation sites (tertiary alicyclic amines) is 2. The van der Waals surface area contributed by atoms with Gasteiger partial charge in [0.25, 0.3) is 5.91 Å². The number of benzene rings is 1. The molecule has 3 amide bonds. The molecule has 0 aliphatic carbocycles.